The smallest absolute Gasteiger partial charge is 0.308 e. The van der Waals surface area contributed by atoms with Crippen molar-refractivity contribution in [2.24, 2.45) is 5.92 Å². The highest BCUT2D eigenvalue weighted by Crippen LogP contribution is 2.36. The van der Waals surface area contributed by atoms with Gasteiger partial charge in [0.15, 0.2) is 0 Å². The molecule has 1 heterocycles. The molecule has 0 saturated carbocycles. The van der Waals surface area contributed by atoms with Gasteiger partial charge >= 0.3 is 5.97 Å². The molecule has 3 atom stereocenters. The van der Waals surface area contributed by atoms with Crippen molar-refractivity contribution in [2.75, 3.05) is 7.11 Å². The first-order valence-corrected chi connectivity index (χ1v) is 8.63. The molecule has 0 aromatic carbocycles. The number of unbranched alkanes of at least 4 members (excludes halogenated alkanes) is 1. The molecular formula is C18H32O4. The van der Waals surface area contributed by atoms with E-state index in [1.165, 1.54) is 26.4 Å². The number of methoxy groups -OCH3 is 1. The molecule has 22 heavy (non-hydrogen) atoms. The largest absolute Gasteiger partial charge is 0.469 e. The molecule has 0 N–H and O–H groups in total. The van der Waals surface area contributed by atoms with Crippen LogP contribution in [0.2, 0.25) is 0 Å². The van der Waals surface area contributed by atoms with Crippen LogP contribution in [0.1, 0.15) is 72.6 Å². The van der Waals surface area contributed by atoms with Crippen molar-refractivity contribution >= 4 is 5.97 Å². The Labute approximate surface area is 135 Å². The molecule has 1 rings (SSSR count). The van der Waals surface area contributed by atoms with E-state index in [0.29, 0.717) is 5.92 Å². The zero-order valence-electron chi connectivity index (χ0n) is 14.8. The minimum Gasteiger partial charge on any atom is -0.469 e. The van der Waals surface area contributed by atoms with Crippen molar-refractivity contribution < 1.29 is 19.3 Å². The third-order valence-corrected chi connectivity index (χ3v) is 4.52. The van der Waals surface area contributed by atoms with Crippen LogP contribution in [0.3, 0.4) is 0 Å². The normalized spacial score (nSPS) is 26.4. The van der Waals surface area contributed by atoms with Crippen LogP contribution in [0.4, 0.5) is 0 Å². The average Bonchev–Trinajstić information content (AvgIpc) is 2.54. The molecule has 0 amide bonds. The standard InChI is InChI=1S/C18H32O4/c1-6-9-10-14(4)12-18(8-3)13-15(7-2)16(21-22-18)11-17(19)20-5/h13-14,16H,6-12H2,1-5H3/t14-,16-,18+/m0/s1. The molecule has 1 aliphatic rings. The summed E-state index contributed by atoms with van der Waals surface area (Å²) in [5.41, 5.74) is 0.784. The van der Waals surface area contributed by atoms with E-state index >= 15 is 0 Å². The van der Waals surface area contributed by atoms with Crippen LogP contribution < -0.4 is 0 Å². The highest BCUT2D eigenvalue weighted by Gasteiger charge is 2.37. The van der Waals surface area contributed by atoms with E-state index in [1.54, 1.807) is 0 Å². The van der Waals surface area contributed by atoms with E-state index in [4.69, 9.17) is 14.5 Å². The zero-order valence-corrected chi connectivity index (χ0v) is 14.8. The van der Waals surface area contributed by atoms with E-state index < -0.39 is 0 Å². The summed E-state index contributed by atoms with van der Waals surface area (Å²) in [7, 11) is 1.40. The van der Waals surface area contributed by atoms with Gasteiger partial charge in [0.1, 0.15) is 11.7 Å². The quantitative estimate of drug-likeness (QED) is 0.355. The number of rotatable bonds is 9. The molecule has 0 spiro atoms. The SMILES string of the molecule is CCCC[C@H](C)C[C@]1(CC)C=C(CC)[C@H](CC(=O)OC)OO1. The third kappa shape index (κ3) is 5.40. The van der Waals surface area contributed by atoms with Gasteiger partial charge in [-0.05, 0) is 36.8 Å². The van der Waals surface area contributed by atoms with Gasteiger partial charge in [0.25, 0.3) is 0 Å². The second-order valence-electron chi connectivity index (χ2n) is 6.39. The lowest BCUT2D eigenvalue weighted by Crippen LogP contribution is -2.40. The van der Waals surface area contributed by atoms with Crippen molar-refractivity contribution in [3.8, 4) is 0 Å². The van der Waals surface area contributed by atoms with Gasteiger partial charge in [0, 0.05) is 0 Å². The number of ether oxygens (including phenoxy) is 1. The highest BCUT2D eigenvalue weighted by molar-refractivity contribution is 5.70. The molecule has 0 bridgehead atoms. The number of hydrogen-bond donors (Lipinski definition) is 0. The van der Waals surface area contributed by atoms with Gasteiger partial charge < -0.3 is 4.74 Å². The molecule has 1 aliphatic heterocycles. The van der Waals surface area contributed by atoms with Crippen molar-refractivity contribution in [3.63, 3.8) is 0 Å². The molecule has 0 aromatic rings. The Morgan fingerprint density at radius 3 is 2.68 bits per heavy atom. The van der Waals surface area contributed by atoms with Crippen LogP contribution >= 0.6 is 0 Å². The highest BCUT2D eigenvalue weighted by atomic mass is 17.2. The van der Waals surface area contributed by atoms with Crippen molar-refractivity contribution in [1.82, 2.24) is 0 Å². The fourth-order valence-corrected chi connectivity index (χ4v) is 3.04. The van der Waals surface area contributed by atoms with Crippen molar-refractivity contribution in [1.29, 1.82) is 0 Å². The summed E-state index contributed by atoms with van der Waals surface area (Å²) in [6, 6.07) is 0. The van der Waals surface area contributed by atoms with Gasteiger partial charge in [-0.1, -0.05) is 47.0 Å². The van der Waals surface area contributed by atoms with Gasteiger partial charge in [0.05, 0.1) is 13.5 Å². The first-order valence-electron chi connectivity index (χ1n) is 8.63. The van der Waals surface area contributed by atoms with Crippen LogP contribution in [0.25, 0.3) is 0 Å². The maximum Gasteiger partial charge on any atom is 0.308 e. The lowest BCUT2D eigenvalue weighted by molar-refractivity contribution is -0.378. The maximum absolute atomic E-state index is 11.5. The van der Waals surface area contributed by atoms with Crippen molar-refractivity contribution in [3.05, 3.63) is 11.6 Å². The molecular weight excluding hydrogens is 280 g/mol. The Morgan fingerprint density at radius 2 is 2.14 bits per heavy atom. The van der Waals surface area contributed by atoms with E-state index in [9.17, 15) is 4.79 Å². The second-order valence-corrected chi connectivity index (χ2v) is 6.39. The summed E-state index contributed by atoms with van der Waals surface area (Å²) >= 11 is 0. The third-order valence-electron chi connectivity index (χ3n) is 4.52. The lowest BCUT2D eigenvalue weighted by Gasteiger charge is -2.38. The Hall–Kier alpha value is -0.870. The summed E-state index contributed by atoms with van der Waals surface area (Å²) in [5, 5.41) is 0. The van der Waals surface area contributed by atoms with Crippen LogP contribution in [0.15, 0.2) is 11.6 Å². The molecule has 0 radical (unpaired) electrons. The topological polar surface area (TPSA) is 44.8 Å². The number of carbonyl (C=O) groups is 1. The lowest BCUT2D eigenvalue weighted by atomic mass is 9.83. The zero-order chi connectivity index (χ0) is 16.6. The fraction of sp³-hybridized carbons (Fsp3) is 0.833. The summed E-state index contributed by atoms with van der Waals surface area (Å²) in [6.07, 6.45) is 8.46. The summed E-state index contributed by atoms with van der Waals surface area (Å²) in [6.45, 7) is 8.71. The molecule has 0 unspecified atom stereocenters. The van der Waals surface area contributed by atoms with Gasteiger partial charge in [-0.2, -0.15) is 0 Å². The van der Waals surface area contributed by atoms with Crippen molar-refractivity contribution in [2.45, 2.75) is 84.3 Å². The Kier molecular flexibility index (Phi) is 8.12. The van der Waals surface area contributed by atoms with Gasteiger partial charge in [0.2, 0.25) is 0 Å². The minimum absolute atomic E-state index is 0.210. The second kappa shape index (κ2) is 9.31. The number of hydrogen-bond acceptors (Lipinski definition) is 4. The van der Waals surface area contributed by atoms with Crippen LogP contribution in [0, 0.1) is 5.92 Å². The molecule has 0 fully saturated rings. The summed E-state index contributed by atoms with van der Waals surface area (Å²) < 4.78 is 4.73. The predicted molar refractivity (Wildman–Crippen MR) is 87.3 cm³/mol. The Balaban J connectivity index is 2.80. The van der Waals surface area contributed by atoms with E-state index in [1.807, 2.05) is 0 Å². The number of esters is 1. The molecule has 0 saturated heterocycles. The Morgan fingerprint density at radius 1 is 1.41 bits per heavy atom. The fourth-order valence-electron chi connectivity index (χ4n) is 3.04. The molecule has 4 nitrogen and oxygen atoms in total. The first kappa shape index (κ1) is 19.2. The van der Waals surface area contributed by atoms with Crippen LogP contribution in [-0.4, -0.2) is 24.8 Å². The maximum atomic E-state index is 11.5. The van der Waals surface area contributed by atoms with Crippen LogP contribution in [-0.2, 0) is 19.3 Å². The first-order chi connectivity index (χ1) is 10.5. The van der Waals surface area contributed by atoms with E-state index in [2.05, 4.69) is 33.8 Å². The van der Waals surface area contributed by atoms with E-state index in [0.717, 1.165) is 24.8 Å². The molecule has 4 heteroatoms. The number of carbonyl (C=O) groups excluding carboxylic acids is 1. The van der Waals surface area contributed by atoms with Gasteiger partial charge in [-0.3, -0.25) is 4.79 Å². The molecule has 0 aromatic heterocycles. The summed E-state index contributed by atoms with van der Waals surface area (Å²) in [4.78, 5) is 22.9. The monoisotopic (exact) mass is 312 g/mol. The molecule has 128 valence electrons. The average molecular weight is 312 g/mol. The molecule has 0 aliphatic carbocycles. The predicted octanol–water partition coefficient (Wildman–Crippen LogP) is 4.58. The van der Waals surface area contributed by atoms with E-state index in [-0.39, 0.29) is 24.1 Å². The van der Waals surface area contributed by atoms with Gasteiger partial charge in [-0.25, -0.2) is 9.78 Å². The van der Waals surface area contributed by atoms with Crippen LogP contribution in [0.5, 0.6) is 0 Å². The Bertz CT molecular complexity index is 377. The van der Waals surface area contributed by atoms with Gasteiger partial charge in [-0.15, -0.1) is 0 Å². The summed E-state index contributed by atoms with van der Waals surface area (Å²) in [5.74, 6) is 0.322. The minimum atomic E-state index is -0.356.